The van der Waals surface area contributed by atoms with Crippen molar-refractivity contribution in [3.8, 4) is 0 Å². The third kappa shape index (κ3) is 3.41. The molecule has 1 aromatic heterocycles. The molecule has 8 heteroatoms. The molecule has 2 aromatic rings. The van der Waals surface area contributed by atoms with Gasteiger partial charge in [-0.3, -0.25) is 4.79 Å². The molecule has 2 rings (SSSR count). The van der Waals surface area contributed by atoms with Gasteiger partial charge in [-0.15, -0.1) is 0 Å². The molecule has 1 aromatic carbocycles. The van der Waals surface area contributed by atoms with Gasteiger partial charge in [0.25, 0.3) is 0 Å². The lowest BCUT2D eigenvalue weighted by Gasteiger charge is -2.09. The molecule has 0 radical (unpaired) electrons. The number of hydrogen-bond donors (Lipinski definition) is 0. The van der Waals surface area contributed by atoms with Gasteiger partial charge < -0.3 is 0 Å². The molecule has 0 N–H and O–H groups in total. The molecule has 0 atom stereocenters. The zero-order valence-electron chi connectivity index (χ0n) is 10.0. The number of nitrogens with zero attached hydrogens (tertiary/aromatic N) is 1. The van der Waals surface area contributed by atoms with E-state index in [-0.39, 0.29) is 15.6 Å². The van der Waals surface area contributed by atoms with Crippen LogP contribution in [0.5, 0.6) is 0 Å². The first-order valence-corrected chi connectivity index (χ1v) is 6.60. The summed E-state index contributed by atoms with van der Waals surface area (Å²) in [5, 5.41) is -0.564. The number of hydrogen-bond acceptors (Lipinski definition) is 2. The van der Waals surface area contributed by atoms with Gasteiger partial charge in [0.1, 0.15) is 16.7 Å². The molecule has 0 aliphatic rings. The van der Waals surface area contributed by atoms with Crippen molar-refractivity contribution in [3.63, 3.8) is 0 Å². The Hall–Kier alpha value is -1.47. The van der Waals surface area contributed by atoms with Crippen LogP contribution in [0.3, 0.4) is 0 Å². The summed E-state index contributed by atoms with van der Waals surface area (Å²) in [6.07, 6.45) is -4.65. The largest absolute Gasteiger partial charge is 0.433 e. The smallest absolute Gasteiger partial charge is 0.288 e. The molecule has 110 valence electrons. The number of carbonyl (C=O) groups excluding carboxylic acids is 1. The van der Waals surface area contributed by atoms with Crippen molar-refractivity contribution in [1.29, 1.82) is 0 Å². The highest BCUT2D eigenvalue weighted by molar-refractivity contribution is 9.10. The summed E-state index contributed by atoms with van der Waals surface area (Å²) >= 11 is 8.65. The van der Waals surface area contributed by atoms with Crippen molar-refractivity contribution in [1.82, 2.24) is 4.98 Å². The van der Waals surface area contributed by atoms with E-state index in [2.05, 4.69) is 20.9 Å². The maximum atomic E-state index is 13.0. The van der Waals surface area contributed by atoms with Gasteiger partial charge in [-0.1, -0.05) is 11.6 Å². The summed E-state index contributed by atoms with van der Waals surface area (Å²) in [7, 11) is 0. The molecule has 0 aliphatic carbocycles. The standard InChI is InChI=1S/C13H5BrClF4NO/c14-9-5-6(16)1-2-7(9)11(21)8-3-4-10(13(17,18)19)20-12(8)15/h1-5H. The highest BCUT2D eigenvalue weighted by Crippen LogP contribution is 2.30. The predicted octanol–water partition coefficient (Wildman–Crippen LogP) is 4.89. The van der Waals surface area contributed by atoms with Crippen LogP contribution in [-0.2, 0) is 6.18 Å². The fraction of sp³-hybridized carbons (Fsp3) is 0.0769. The first kappa shape index (κ1) is 15.9. The average Bonchev–Trinajstić information content (AvgIpc) is 2.36. The topological polar surface area (TPSA) is 30.0 Å². The summed E-state index contributed by atoms with van der Waals surface area (Å²) in [6.45, 7) is 0. The van der Waals surface area contributed by atoms with Crippen LogP contribution >= 0.6 is 27.5 Å². The summed E-state index contributed by atoms with van der Waals surface area (Å²) in [6, 6.07) is 4.94. The molecule has 0 saturated heterocycles. The zero-order chi connectivity index (χ0) is 15.8. The van der Waals surface area contributed by atoms with E-state index in [9.17, 15) is 22.4 Å². The highest BCUT2D eigenvalue weighted by atomic mass is 79.9. The van der Waals surface area contributed by atoms with Crippen LogP contribution in [-0.4, -0.2) is 10.8 Å². The zero-order valence-corrected chi connectivity index (χ0v) is 12.4. The number of pyridine rings is 1. The Labute approximate surface area is 129 Å². The number of benzene rings is 1. The van der Waals surface area contributed by atoms with E-state index in [1.165, 1.54) is 6.07 Å². The number of halogens is 6. The van der Waals surface area contributed by atoms with Crippen molar-refractivity contribution in [2.24, 2.45) is 0 Å². The molecule has 0 aliphatic heterocycles. The van der Waals surface area contributed by atoms with Crippen molar-refractivity contribution in [3.05, 3.63) is 62.6 Å². The Morgan fingerprint density at radius 2 is 1.76 bits per heavy atom. The third-order valence-corrected chi connectivity index (χ3v) is 3.50. The molecule has 0 spiro atoms. The Morgan fingerprint density at radius 1 is 1.14 bits per heavy atom. The minimum Gasteiger partial charge on any atom is -0.288 e. The summed E-state index contributed by atoms with van der Waals surface area (Å²) in [5.41, 5.74) is -1.32. The summed E-state index contributed by atoms with van der Waals surface area (Å²) in [5.74, 6) is -1.22. The quantitative estimate of drug-likeness (QED) is 0.421. The number of ketones is 1. The van der Waals surface area contributed by atoms with Gasteiger partial charge in [0.2, 0.25) is 0 Å². The Bertz CT molecular complexity index is 718. The molecule has 2 nitrogen and oxygen atoms in total. The third-order valence-electron chi connectivity index (χ3n) is 2.56. The first-order chi connectivity index (χ1) is 9.70. The van der Waals surface area contributed by atoms with Gasteiger partial charge in [-0.05, 0) is 46.3 Å². The molecule has 0 saturated carbocycles. The maximum absolute atomic E-state index is 13.0. The lowest BCUT2D eigenvalue weighted by atomic mass is 10.0. The minimum absolute atomic E-state index is 0.0693. The monoisotopic (exact) mass is 381 g/mol. The first-order valence-electron chi connectivity index (χ1n) is 5.43. The number of carbonyl (C=O) groups is 1. The Kier molecular flexibility index (Phi) is 4.34. The van der Waals surface area contributed by atoms with Gasteiger partial charge in [-0.2, -0.15) is 13.2 Å². The van der Waals surface area contributed by atoms with Gasteiger partial charge in [0.15, 0.2) is 5.78 Å². The fourth-order valence-corrected chi connectivity index (χ4v) is 2.35. The molecule has 0 amide bonds. The summed E-state index contributed by atoms with van der Waals surface area (Å²) in [4.78, 5) is 15.4. The van der Waals surface area contributed by atoms with Crippen LogP contribution in [0.15, 0.2) is 34.8 Å². The maximum Gasteiger partial charge on any atom is 0.433 e. The molecular weight excluding hydrogens is 377 g/mol. The fourth-order valence-electron chi connectivity index (χ4n) is 1.58. The van der Waals surface area contributed by atoms with Gasteiger partial charge in [-0.25, -0.2) is 9.37 Å². The second-order valence-electron chi connectivity index (χ2n) is 3.99. The van der Waals surface area contributed by atoms with Gasteiger partial charge >= 0.3 is 6.18 Å². The molecule has 0 fully saturated rings. The number of alkyl halides is 3. The van der Waals surface area contributed by atoms with E-state index in [0.29, 0.717) is 6.07 Å². The van der Waals surface area contributed by atoms with E-state index >= 15 is 0 Å². The van der Waals surface area contributed by atoms with Gasteiger partial charge in [0, 0.05) is 10.0 Å². The average molecular weight is 383 g/mol. The van der Waals surface area contributed by atoms with E-state index in [1.807, 2.05) is 0 Å². The molecule has 21 heavy (non-hydrogen) atoms. The second kappa shape index (κ2) is 5.73. The van der Waals surface area contributed by atoms with E-state index in [1.54, 1.807) is 0 Å². The van der Waals surface area contributed by atoms with Crippen LogP contribution in [0.2, 0.25) is 5.15 Å². The van der Waals surface area contributed by atoms with Crippen LogP contribution < -0.4 is 0 Å². The highest BCUT2D eigenvalue weighted by Gasteiger charge is 2.33. The molecular formula is C13H5BrClF4NO. The number of rotatable bonds is 2. The van der Waals surface area contributed by atoms with Crippen LogP contribution in [0.4, 0.5) is 17.6 Å². The van der Waals surface area contributed by atoms with Crippen LogP contribution in [0.25, 0.3) is 0 Å². The van der Waals surface area contributed by atoms with E-state index in [4.69, 9.17) is 11.6 Å². The van der Waals surface area contributed by atoms with Crippen LogP contribution in [0, 0.1) is 5.82 Å². The molecule has 1 heterocycles. The van der Waals surface area contributed by atoms with Crippen molar-refractivity contribution < 1.29 is 22.4 Å². The van der Waals surface area contributed by atoms with Gasteiger partial charge in [0.05, 0.1) is 5.56 Å². The van der Waals surface area contributed by atoms with Crippen molar-refractivity contribution in [2.75, 3.05) is 0 Å². The van der Waals surface area contributed by atoms with Crippen LogP contribution in [0.1, 0.15) is 21.6 Å². The molecule has 0 unspecified atom stereocenters. The predicted molar refractivity (Wildman–Crippen MR) is 71.8 cm³/mol. The minimum atomic E-state index is -4.65. The second-order valence-corrected chi connectivity index (χ2v) is 5.20. The molecule has 0 bridgehead atoms. The van der Waals surface area contributed by atoms with E-state index in [0.717, 1.165) is 18.2 Å². The Balaban J connectivity index is 2.45. The summed E-state index contributed by atoms with van der Waals surface area (Å²) < 4.78 is 50.6. The number of aromatic nitrogens is 1. The lowest BCUT2D eigenvalue weighted by molar-refractivity contribution is -0.141. The SMILES string of the molecule is O=C(c1ccc(F)cc1Br)c1ccc(C(F)(F)F)nc1Cl. The van der Waals surface area contributed by atoms with Crippen molar-refractivity contribution >= 4 is 33.3 Å². The lowest BCUT2D eigenvalue weighted by Crippen LogP contribution is -2.11. The normalized spacial score (nSPS) is 11.5. The van der Waals surface area contributed by atoms with E-state index < -0.39 is 28.6 Å². The van der Waals surface area contributed by atoms with Crippen molar-refractivity contribution in [2.45, 2.75) is 6.18 Å². The Morgan fingerprint density at radius 3 is 2.29 bits per heavy atom.